The number of aromatic nitrogens is 3. The van der Waals surface area contributed by atoms with Gasteiger partial charge in [0.05, 0.1) is 18.5 Å². The Hall–Kier alpha value is -1.72. The van der Waals surface area contributed by atoms with Gasteiger partial charge in [0.2, 0.25) is 0 Å². The van der Waals surface area contributed by atoms with E-state index in [0.29, 0.717) is 12.3 Å². The summed E-state index contributed by atoms with van der Waals surface area (Å²) in [6, 6.07) is 7.63. The van der Waals surface area contributed by atoms with Crippen LogP contribution in [0.5, 0.6) is 0 Å². The van der Waals surface area contributed by atoms with Gasteiger partial charge >= 0.3 is 0 Å². The number of aliphatic hydroxyl groups excluding tert-OH is 1. The molecule has 2 rings (SSSR count). The maximum Gasteiger partial charge on any atom is 0.123 e. The molecule has 0 bridgehead atoms. The monoisotopic (exact) mass is 233 g/mol. The molecule has 1 N–H and O–H groups in total. The topological polar surface area (TPSA) is 60.2 Å². The number of benzene rings is 1. The van der Waals surface area contributed by atoms with Gasteiger partial charge in [0.25, 0.3) is 0 Å². The molecule has 0 saturated heterocycles. The fourth-order valence-electron chi connectivity index (χ4n) is 1.79. The molecule has 0 radical (unpaired) electrons. The first kappa shape index (κ1) is 11.8. The van der Waals surface area contributed by atoms with E-state index in [0.717, 1.165) is 11.1 Å². The minimum atomic E-state index is -0.735. The number of methoxy groups -OCH3 is 1. The SMILES string of the molecule is COCc1ccccc1C(O)c1cnnn1C. The summed E-state index contributed by atoms with van der Waals surface area (Å²) < 4.78 is 6.68. The van der Waals surface area contributed by atoms with Crippen molar-refractivity contribution >= 4 is 0 Å². The van der Waals surface area contributed by atoms with Gasteiger partial charge in [-0.2, -0.15) is 0 Å². The van der Waals surface area contributed by atoms with Crippen molar-refractivity contribution in [1.82, 2.24) is 15.0 Å². The van der Waals surface area contributed by atoms with Gasteiger partial charge < -0.3 is 9.84 Å². The normalized spacial score (nSPS) is 12.6. The van der Waals surface area contributed by atoms with Crippen LogP contribution in [0.3, 0.4) is 0 Å². The molecule has 0 aliphatic rings. The number of aliphatic hydroxyl groups is 1. The van der Waals surface area contributed by atoms with Crippen molar-refractivity contribution in [2.24, 2.45) is 7.05 Å². The minimum absolute atomic E-state index is 0.471. The van der Waals surface area contributed by atoms with Gasteiger partial charge in [0.1, 0.15) is 6.10 Å². The van der Waals surface area contributed by atoms with E-state index < -0.39 is 6.10 Å². The predicted molar refractivity (Wildman–Crippen MR) is 62.2 cm³/mol. The fourth-order valence-corrected chi connectivity index (χ4v) is 1.79. The van der Waals surface area contributed by atoms with E-state index in [4.69, 9.17) is 4.74 Å². The zero-order valence-electron chi connectivity index (χ0n) is 9.87. The van der Waals surface area contributed by atoms with Crippen LogP contribution < -0.4 is 0 Å². The van der Waals surface area contributed by atoms with Crippen molar-refractivity contribution in [2.45, 2.75) is 12.7 Å². The Balaban J connectivity index is 2.37. The lowest BCUT2D eigenvalue weighted by atomic mass is 10.0. The summed E-state index contributed by atoms with van der Waals surface area (Å²) in [6.07, 6.45) is 0.829. The highest BCUT2D eigenvalue weighted by Crippen LogP contribution is 2.24. The van der Waals surface area contributed by atoms with Gasteiger partial charge in [-0.3, -0.25) is 0 Å². The number of nitrogens with zero attached hydrogens (tertiary/aromatic N) is 3. The van der Waals surface area contributed by atoms with Crippen molar-refractivity contribution < 1.29 is 9.84 Å². The van der Waals surface area contributed by atoms with Crippen LogP contribution in [-0.2, 0) is 18.4 Å². The predicted octanol–water partition coefficient (Wildman–Crippen LogP) is 1.04. The van der Waals surface area contributed by atoms with Crippen molar-refractivity contribution in [2.75, 3.05) is 7.11 Å². The van der Waals surface area contributed by atoms with Crippen molar-refractivity contribution in [3.05, 3.63) is 47.3 Å². The first-order valence-electron chi connectivity index (χ1n) is 5.33. The summed E-state index contributed by atoms with van der Waals surface area (Å²) in [5.74, 6) is 0. The fraction of sp³-hybridized carbons (Fsp3) is 0.333. The molecular weight excluding hydrogens is 218 g/mol. The maximum absolute atomic E-state index is 10.3. The Labute approximate surface area is 99.7 Å². The number of aryl methyl sites for hydroxylation is 1. The molecule has 0 amide bonds. The number of hydrogen-bond acceptors (Lipinski definition) is 4. The second-order valence-corrected chi connectivity index (χ2v) is 3.82. The molecule has 17 heavy (non-hydrogen) atoms. The molecule has 5 nitrogen and oxygen atoms in total. The van der Waals surface area contributed by atoms with Gasteiger partial charge in [-0.15, -0.1) is 5.10 Å². The molecule has 0 fully saturated rings. The quantitative estimate of drug-likeness (QED) is 0.857. The average Bonchev–Trinajstić information content (AvgIpc) is 2.76. The van der Waals surface area contributed by atoms with Crippen molar-refractivity contribution in [1.29, 1.82) is 0 Å². The molecule has 90 valence electrons. The highest BCUT2D eigenvalue weighted by molar-refractivity contribution is 5.32. The summed E-state index contributed by atoms with van der Waals surface area (Å²) in [4.78, 5) is 0. The Morgan fingerprint density at radius 3 is 2.82 bits per heavy atom. The third-order valence-corrected chi connectivity index (χ3v) is 2.68. The Kier molecular flexibility index (Phi) is 3.51. The number of rotatable bonds is 4. The molecule has 1 aromatic heterocycles. The van der Waals surface area contributed by atoms with E-state index in [1.807, 2.05) is 24.3 Å². The molecule has 0 aliphatic carbocycles. The molecule has 2 aromatic rings. The largest absolute Gasteiger partial charge is 0.382 e. The van der Waals surface area contributed by atoms with Gasteiger partial charge in [-0.05, 0) is 11.1 Å². The van der Waals surface area contributed by atoms with Crippen molar-refractivity contribution in [3.63, 3.8) is 0 Å². The van der Waals surface area contributed by atoms with Crippen LogP contribution in [0.2, 0.25) is 0 Å². The lowest BCUT2D eigenvalue weighted by Gasteiger charge is -2.14. The van der Waals surface area contributed by atoms with Crippen LogP contribution in [0.15, 0.2) is 30.5 Å². The standard InChI is InChI=1S/C12H15N3O2/c1-15-11(7-13-14-15)12(16)10-6-4-3-5-9(10)8-17-2/h3-7,12,16H,8H2,1-2H3. The highest BCUT2D eigenvalue weighted by Gasteiger charge is 2.17. The van der Waals surface area contributed by atoms with Crippen molar-refractivity contribution in [3.8, 4) is 0 Å². The summed E-state index contributed by atoms with van der Waals surface area (Å²) in [5.41, 5.74) is 2.44. The zero-order valence-corrected chi connectivity index (χ0v) is 9.87. The van der Waals surface area contributed by atoms with Crippen LogP contribution in [0.25, 0.3) is 0 Å². The highest BCUT2D eigenvalue weighted by atomic mass is 16.5. The van der Waals surface area contributed by atoms with E-state index in [-0.39, 0.29) is 0 Å². The molecule has 1 atom stereocenters. The molecule has 0 aliphatic heterocycles. The summed E-state index contributed by atoms with van der Waals surface area (Å²) in [5, 5.41) is 17.9. The van der Waals surface area contributed by atoms with Crippen LogP contribution in [0.1, 0.15) is 22.9 Å². The summed E-state index contributed by atoms with van der Waals surface area (Å²) >= 11 is 0. The number of hydrogen-bond donors (Lipinski definition) is 1. The first-order valence-corrected chi connectivity index (χ1v) is 5.33. The van der Waals surface area contributed by atoms with Gasteiger partial charge in [0.15, 0.2) is 0 Å². The van der Waals surface area contributed by atoms with Gasteiger partial charge in [-0.1, -0.05) is 29.5 Å². The second kappa shape index (κ2) is 5.07. The molecule has 1 unspecified atom stereocenters. The van der Waals surface area contributed by atoms with Crippen LogP contribution in [-0.4, -0.2) is 27.2 Å². The van der Waals surface area contributed by atoms with E-state index in [1.165, 1.54) is 0 Å². The smallest absolute Gasteiger partial charge is 0.123 e. The third kappa shape index (κ3) is 2.35. The van der Waals surface area contributed by atoms with Crippen LogP contribution in [0.4, 0.5) is 0 Å². The molecule has 0 spiro atoms. The number of ether oxygens (including phenoxy) is 1. The van der Waals surface area contributed by atoms with E-state index >= 15 is 0 Å². The van der Waals surface area contributed by atoms with Crippen LogP contribution in [0, 0.1) is 0 Å². The first-order chi connectivity index (χ1) is 8.24. The van der Waals surface area contributed by atoms with E-state index in [1.54, 1.807) is 25.0 Å². The average molecular weight is 233 g/mol. The van der Waals surface area contributed by atoms with E-state index in [2.05, 4.69) is 10.3 Å². The van der Waals surface area contributed by atoms with Gasteiger partial charge in [-0.25, -0.2) is 4.68 Å². The molecule has 1 aromatic carbocycles. The molecule has 1 heterocycles. The Morgan fingerprint density at radius 2 is 2.18 bits per heavy atom. The Morgan fingerprint density at radius 1 is 1.41 bits per heavy atom. The lowest BCUT2D eigenvalue weighted by Crippen LogP contribution is -2.09. The lowest BCUT2D eigenvalue weighted by molar-refractivity contribution is 0.174. The van der Waals surface area contributed by atoms with Crippen LogP contribution >= 0.6 is 0 Å². The maximum atomic E-state index is 10.3. The zero-order chi connectivity index (χ0) is 12.3. The van der Waals surface area contributed by atoms with E-state index in [9.17, 15) is 5.11 Å². The van der Waals surface area contributed by atoms with Gasteiger partial charge in [0, 0.05) is 14.2 Å². The minimum Gasteiger partial charge on any atom is -0.382 e. The summed E-state index contributed by atoms with van der Waals surface area (Å²) in [6.45, 7) is 0.471. The third-order valence-electron chi connectivity index (χ3n) is 2.68. The molecule has 5 heteroatoms. The second-order valence-electron chi connectivity index (χ2n) is 3.82. The molecular formula is C12H15N3O2. The summed E-state index contributed by atoms with van der Waals surface area (Å²) in [7, 11) is 3.39. The molecule has 0 saturated carbocycles. The Bertz CT molecular complexity index is 496.